The van der Waals surface area contributed by atoms with Gasteiger partial charge in [0.05, 0.1) is 11.0 Å². The Labute approximate surface area is 86.4 Å². The minimum atomic E-state index is 0.266. The predicted molar refractivity (Wildman–Crippen MR) is 59.7 cm³/mol. The smallest absolute Gasteiger partial charge is 0.125 e. The molecular formula is C12H9N2O. The van der Waals surface area contributed by atoms with Crippen LogP contribution in [0.1, 0.15) is 5.82 Å². The summed E-state index contributed by atoms with van der Waals surface area (Å²) in [6.07, 6.45) is 0. The molecule has 0 saturated heterocycles. The molecule has 0 atom stereocenters. The number of nitrogens with zero attached hydrogens (tertiary/aromatic N) is 1. The van der Waals surface area contributed by atoms with Gasteiger partial charge in [-0.2, -0.15) is 0 Å². The highest BCUT2D eigenvalue weighted by Crippen LogP contribution is 2.30. The number of imidazole rings is 1. The first-order valence-electron chi connectivity index (χ1n) is 4.68. The third-order valence-electron chi connectivity index (χ3n) is 2.52. The number of hydrogen-bond acceptors (Lipinski definition) is 2. The molecule has 73 valence electrons. The molecule has 1 heterocycles. The third kappa shape index (κ3) is 1.09. The van der Waals surface area contributed by atoms with E-state index in [0.29, 0.717) is 5.82 Å². The van der Waals surface area contributed by atoms with E-state index >= 15 is 0 Å². The molecule has 3 nitrogen and oxygen atoms in total. The minimum absolute atomic E-state index is 0.266. The lowest BCUT2D eigenvalue weighted by molar-refractivity contribution is 0.482. The maximum atomic E-state index is 9.81. The van der Waals surface area contributed by atoms with Gasteiger partial charge in [0.15, 0.2) is 0 Å². The van der Waals surface area contributed by atoms with Gasteiger partial charge in [-0.25, -0.2) is 4.98 Å². The van der Waals surface area contributed by atoms with Crippen molar-refractivity contribution in [3.63, 3.8) is 0 Å². The summed E-state index contributed by atoms with van der Waals surface area (Å²) in [5, 5.41) is 11.6. The lowest BCUT2D eigenvalue weighted by Gasteiger charge is -2.00. The van der Waals surface area contributed by atoms with Gasteiger partial charge >= 0.3 is 0 Å². The summed E-state index contributed by atoms with van der Waals surface area (Å²) in [5.41, 5.74) is 1.67. The standard InChI is InChI=1S/C12H9N2O/c1-7-13-10-6-11(15)8-4-2-3-5-9(8)12(10)14-7/h2-6,15H,1H2,(H,13,14). The molecule has 0 spiro atoms. The van der Waals surface area contributed by atoms with E-state index in [1.165, 1.54) is 0 Å². The van der Waals surface area contributed by atoms with Gasteiger partial charge in [-0.15, -0.1) is 0 Å². The predicted octanol–water partition coefficient (Wildman–Crippen LogP) is 2.60. The molecule has 0 aliphatic rings. The zero-order valence-electron chi connectivity index (χ0n) is 7.99. The van der Waals surface area contributed by atoms with Crippen molar-refractivity contribution in [1.82, 2.24) is 9.97 Å². The van der Waals surface area contributed by atoms with Crippen LogP contribution < -0.4 is 0 Å². The maximum absolute atomic E-state index is 9.81. The molecule has 1 radical (unpaired) electrons. The fourth-order valence-electron chi connectivity index (χ4n) is 1.87. The van der Waals surface area contributed by atoms with E-state index in [1.807, 2.05) is 24.3 Å². The van der Waals surface area contributed by atoms with Gasteiger partial charge in [0.2, 0.25) is 0 Å². The van der Waals surface area contributed by atoms with Crippen molar-refractivity contribution in [3.05, 3.63) is 43.1 Å². The Morgan fingerprint density at radius 3 is 2.73 bits per heavy atom. The van der Waals surface area contributed by atoms with Gasteiger partial charge in [0.25, 0.3) is 0 Å². The molecule has 3 heteroatoms. The summed E-state index contributed by atoms with van der Waals surface area (Å²) in [7, 11) is 0. The zero-order valence-corrected chi connectivity index (χ0v) is 7.99. The van der Waals surface area contributed by atoms with Crippen molar-refractivity contribution < 1.29 is 5.11 Å². The quantitative estimate of drug-likeness (QED) is 0.582. The molecule has 0 fully saturated rings. The molecule has 1 aromatic heterocycles. The van der Waals surface area contributed by atoms with E-state index in [0.717, 1.165) is 21.8 Å². The third-order valence-corrected chi connectivity index (χ3v) is 2.52. The number of phenols is 1. The normalized spacial score (nSPS) is 11.3. The van der Waals surface area contributed by atoms with Crippen LogP contribution in [0.3, 0.4) is 0 Å². The van der Waals surface area contributed by atoms with E-state index in [1.54, 1.807) is 6.07 Å². The van der Waals surface area contributed by atoms with Crippen molar-refractivity contribution in [2.75, 3.05) is 0 Å². The number of aromatic amines is 1. The summed E-state index contributed by atoms with van der Waals surface area (Å²) in [6, 6.07) is 9.32. The Morgan fingerprint density at radius 2 is 1.93 bits per heavy atom. The topological polar surface area (TPSA) is 48.9 Å². The molecule has 3 aromatic rings. The van der Waals surface area contributed by atoms with Gasteiger partial charge in [-0.3, -0.25) is 0 Å². The highest BCUT2D eigenvalue weighted by Gasteiger charge is 2.07. The molecular weight excluding hydrogens is 188 g/mol. The van der Waals surface area contributed by atoms with Crippen LogP contribution in [0.5, 0.6) is 5.75 Å². The fraction of sp³-hybridized carbons (Fsp3) is 0. The number of nitrogens with one attached hydrogen (secondary N) is 1. The van der Waals surface area contributed by atoms with E-state index in [2.05, 4.69) is 16.9 Å². The number of benzene rings is 2. The van der Waals surface area contributed by atoms with Crippen LogP contribution in [-0.2, 0) is 0 Å². The summed E-state index contributed by atoms with van der Waals surface area (Å²) in [4.78, 5) is 7.31. The first-order valence-corrected chi connectivity index (χ1v) is 4.68. The average Bonchev–Trinajstić information content (AvgIpc) is 2.59. The van der Waals surface area contributed by atoms with E-state index < -0.39 is 0 Å². The molecule has 0 saturated carbocycles. The Morgan fingerprint density at radius 1 is 1.20 bits per heavy atom. The summed E-state index contributed by atoms with van der Waals surface area (Å²) in [6.45, 7) is 3.75. The molecule has 2 aromatic carbocycles. The zero-order chi connectivity index (χ0) is 10.4. The van der Waals surface area contributed by atoms with Gasteiger partial charge in [-0.05, 0) is 0 Å². The highest BCUT2D eigenvalue weighted by atomic mass is 16.3. The van der Waals surface area contributed by atoms with Gasteiger partial charge in [-0.1, -0.05) is 24.3 Å². The number of hydrogen-bond donors (Lipinski definition) is 2. The van der Waals surface area contributed by atoms with E-state index in [-0.39, 0.29) is 5.75 Å². The Hall–Kier alpha value is -2.03. The molecule has 3 rings (SSSR count). The minimum Gasteiger partial charge on any atom is -0.507 e. The molecule has 0 unspecified atom stereocenters. The van der Waals surface area contributed by atoms with Gasteiger partial charge in [0.1, 0.15) is 11.6 Å². The second-order valence-corrected chi connectivity index (χ2v) is 3.52. The molecule has 0 bridgehead atoms. The lowest BCUT2D eigenvalue weighted by Crippen LogP contribution is -1.77. The van der Waals surface area contributed by atoms with Crippen LogP contribution in [0.2, 0.25) is 0 Å². The fourth-order valence-corrected chi connectivity index (χ4v) is 1.87. The number of rotatable bonds is 0. The number of phenolic OH excluding ortho intramolecular Hbond substituents is 1. The van der Waals surface area contributed by atoms with Crippen LogP contribution in [0.25, 0.3) is 21.8 Å². The van der Waals surface area contributed by atoms with Crippen LogP contribution >= 0.6 is 0 Å². The highest BCUT2D eigenvalue weighted by molar-refractivity contribution is 6.07. The Bertz CT molecular complexity index is 655. The average molecular weight is 197 g/mol. The Balaban J connectivity index is 2.62. The van der Waals surface area contributed by atoms with Crippen LogP contribution in [0.15, 0.2) is 30.3 Å². The first kappa shape index (κ1) is 8.29. The number of fused-ring (bicyclic) bond motifs is 3. The van der Waals surface area contributed by atoms with Gasteiger partial charge < -0.3 is 10.1 Å². The van der Waals surface area contributed by atoms with Crippen molar-refractivity contribution in [2.45, 2.75) is 0 Å². The first-order chi connectivity index (χ1) is 7.25. The lowest BCUT2D eigenvalue weighted by atomic mass is 10.1. The molecule has 0 aliphatic heterocycles. The summed E-state index contributed by atoms with van der Waals surface area (Å²) in [5.74, 6) is 0.877. The van der Waals surface area contributed by atoms with Crippen molar-refractivity contribution in [1.29, 1.82) is 0 Å². The molecule has 15 heavy (non-hydrogen) atoms. The van der Waals surface area contributed by atoms with Crippen LogP contribution in [-0.4, -0.2) is 15.1 Å². The molecule has 0 amide bonds. The van der Waals surface area contributed by atoms with Crippen molar-refractivity contribution in [3.8, 4) is 5.75 Å². The van der Waals surface area contributed by atoms with Crippen molar-refractivity contribution in [2.24, 2.45) is 0 Å². The van der Waals surface area contributed by atoms with E-state index in [4.69, 9.17) is 0 Å². The SMILES string of the molecule is [CH2]c1nc2c(cc(O)c3ccccc32)[nH]1. The maximum Gasteiger partial charge on any atom is 0.125 e. The van der Waals surface area contributed by atoms with Gasteiger partial charge in [0, 0.05) is 23.8 Å². The second-order valence-electron chi connectivity index (χ2n) is 3.52. The number of aromatic hydroxyl groups is 1. The monoisotopic (exact) mass is 197 g/mol. The number of H-pyrrole nitrogens is 1. The van der Waals surface area contributed by atoms with Crippen LogP contribution in [0, 0.1) is 6.92 Å². The van der Waals surface area contributed by atoms with Crippen LogP contribution in [0.4, 0.5) is 0 Å². The summed E-state index contributed by atoms with van der Waals surface area (Å²) < 4.78 is 0. The second kappa shape index (κ2) is 2.73. The van der Waals surface area contributed by atoms with E-state index in [9.17, 15) is 5.11 Å². The number of aromatic nitrogens is 2. The Kier molecular flexibility index (Phi) is 1.51. The largest absolute Gasteiger partial charge is 0.507 e. The summed E-state index contributed by atoms with van der Waals surface area (Å²) >= 11 is 0. The molecule has 0 aliphatic carbocycles. The molecule has 2 N–H and O–H groups in total. The van der Waals surface area contributed by atoms with Crippen molar-refractivity contribution >= 4 is 21.8 Å².